The van der Waals surface area contributed by atoms with Gasteiger partial charge in [0.2, 0.25) is 23.7 Å². The number of carboxylic acids is 1. The predicted molar refractivity (Wildman–Crippen MR) is 467 cm³/mol. The van der Waals surface area contributed by atoms with Crippen molar-refractivity contribution in [2.45, 2.75) is 97.0 Å². The second-order valence-electron chi connectivity index (χ2n) is 30.2. The second kappa shape index (κ2) is 53.4. The number of nitrogens with two attached hydrogens (primary N) is 1. The fraction of sp³-hybridized carbons (Fsp3) is 0.384. The average Bonchev–Trinajstić information content (AvgIpc) is 1.78. The zero-order valence-corrected chi connectivity index (χ0v) is 73.7. The van der Waals surface area contributed by atoms with Crippen molar-refractivity contribution in [3.8, 4) is 0 Å². The van der Waals surface area contributed by atoms with Crippen LogP contribution >= 0.6 is 58.0 Å². The summed E-state index contributed by atoms with van der Waals surface area (Å²) in [7, 11) is 7.71. The van der Waals surface area contributed by atoms with Crippen LogP contribution in [0, 0.1) is 30.6 Å². The first kappa shape index (κ1) is 105. The number of amides is 5. The lowest BCUT2D eigenvalue weighted by atomic mass is 10.0. The zero-order chi connectivity index (χ0) is 92.4. The minimum atomic E-state index is -4.64. The molecule has 28 nitrogen and oxygen atoms in total. The molecule has 125 heavy (non-hydrogen) atoms. The molecule has 8 heterocycles. The van der Waals surface area contributed by atoms with Gasteiger partial charge in [-0.25, -0.2) is 49.5 Å². The van der Waals surface area contributed by atoms with E-state index in [1.54, 1.807) is 131 Å². The molecule has 0 spiro atoms. The van der Waals surface area contributed by atoms with Crippen LogP contribution in [0.5, 0.6) is 0 Å². The number of carboxylic acid groups (broad SMARTS) is 1. The third-order valence-corrected chi connectivity index (χ3v) is 18.7. The van der Waals surface area contributed by atoms with Gasteiger partial charge in [-0.2, -0.15) is 26.3 Å². The van der Waals surface area contributed by atoms with E-state index in [4.69, 9.17) is 83.2 Å². The van der Waals surface area contributed by atoms with Crippen molar-refractivity contribution in [3.63, 3.8) is 0 Å². The first-order valence-corrected chi connectivity index (χ1v) is 40.9. The molecule has 0 saturated carbocycles. The number of ether oxygens (including phenoxy) is 1. The lowest BCUT2D eigenvalue weighted by Crippen LogP contribution is -2.29. The molecule has 39 heteroatoms. The number of carbonyl (C=O) groups excluding carboxylic acids is 8. The molecule has 672 valence electrons. The Morgan fingerprint density at radius 3 is 1.11 bits per heavy atom. The molecule has 4 aromatic carbocycles. The Morgan fingerprint density at radius 2 is 0.808 bits per heavy atom. The van der Waals surface area contributed by atoms with Crippen LogP contribution in [0.2, 0.25) is 20.1 Å². The topological polar surface area (TPSA) is 365 Å². The average molecular weight is 1840 g/mol. The normalized spacial score (nSPS) is 15.8. The lowest BCUT2D eigenvalue weighted by molar-refractivity contribution is -0.156. The molecule has 0 bridgehead atoms. The van der Waals surface area contributed by atoms with Crippen LogP contribution in [0.15, 0.2) is 171 Å². The summed E-state index contributed by atoms with van der Waals surface area (Å²) in [4.78, 5) is 142. The number of alkyl halides is 6. The van der Waals surface area contributed by atoms with E-state index < -0.39 is 47.8 Å². The summed E-state index contributed by atoms with van der Waals surface area (Å²) in [6.07, 6.45) is 14.7. The largest absolute Gasteiger partial charge is 0.478 e. The van der Waals surface area contributed by atoms with Gasteiger partial charge in [-0.3, -0.25) is 38.9 Å². The first-order valence-electron chi connectivity index (χ1n) is 39.0. The highest BCUT2D eigenvalue weighted by molar-refractivity contribution is 6.66. The number of allylic oxidation sites excluding steroid dienone is 1. The Kier molecular flexibility index (Phi) is 44.6. The number of likely N-dealkylation sites (N-methyl/N-ethyl adjacent to an activating group) is 2. The highest BCUT2D eigenvalue weighted by atomic mass is 35.5. The summed E-state index contributed by atoms with van der Waals surface area (Å²) in [5.74, 6) is 4.01. The van der Waals surface area contributed by atoms with Gasteiger partial charge in [0.05, 0.1) is 25.7 Å². The molecule has 6 N–H and O–H groups in total. The molecular formula is C86H100Cl5F6N17O11. The van der Waals surface area contributed by atoms with Crippen LogP contribution in [0.3, 0.4) is 0 Å². The summed E-state index contributed by atoms with van der Waals surface area (Å²) in [6, 6.07) is 27.6. The number of likely N-dealkylation sites (tertiary alicyclic amines) is 3. The van der Waals surface area contributed by atoms with Gasteiger partial charge < -0.3 is 50.7 Å². The van der Waals surface area contributed by atoms with Gasteiger partial charge in [-0.15, -0.1) is 0 Å². The van der Waals surface area contributed by atoms with E-state index in [-0.39, 0.29) is 29.2 Å². The van der Waals surface area contributed by atoms with Crippen LogP contribution in [-0.2, 0) is 49.6 Å². The monoisotopic (exact) mass is 1840 g/mol. The van der Waals surface area contributed by atoms with Gasteiger partial charge in [-0.05, 0) is 221 Å². The van der Waals surface area contributed by atoms with Gasteiger partial charge >= 0.3 is 24.4 Å². The van der Waals surface area contributed by atoms with Crippen molar-refractivity contribution >= 4 is 129 Å². The Hall–Kier alpha value is -11.0. The molecule has 0 aliphatic carbocycles. The highest BCUT2D eigenvalue weighted by Gasteiger charge is 2.32. The van der Waals surface area contributed by atoms with Crippen LogP contribution in [0.25, 0.3) is 0 Å². The molecule has 4 aromatic heterocycles. The molecule has 5 amide bonds. The van der Waals surface area contributed by atoms with Crippen molar-refractivity contribution in [2.24, 2.45) is 23.7 Å². The van der Waals surface area contributed by atoms with E-state index in [1.807, 2.05) is 83.9 Å². The summed E-state index contributed by atoms with van der Waals surface area (Å²) in [6.45, 7) is 15.4. The fourth-order valence-corrected chi connectivity index (χ4v) is 12.3. The number of halogens is 11. The molecule has 4 aliphatic rings. The summed E-state index contributed by atoms with van der Waals surface area (Å²) in [5.41, 5.74) is 10.3. The number of benzene rings is 4. The van der Waals surface area contributed by atoms with Gasteiger partial charge in [0.1, 0.15) is 28.9 Å². The van der Waals surface area contributed by atoms with E-state index in [1.165, 1.54) is 42.8 Å². The zero-order valence-electron chi connectivity index (χ0n) is 69.9. The molecule has 12 rings (SSSR count). The molecule has 0 unspecified atom stereocenters. The minimum absolute atomic E-state index is 0.00159. The highest BCUT2D eigenvalue weighted by Crippen LogP contribution is 2.27. The molecule has 4 aliphatic heterocycles. The van der Waals surface area contributed by atoms with E-state index in [0.29, 0.717) is 91.6 Å². The number of aromatic carboxylic acids is 1. The Bertz CT molecular complexity index is 4620. The number of aromatic nitrogens is 8. The Labute approximate surface area is 746 Å². The van der Waals surface area contributed by atoms with E-state index >= 15 is 0 Å². The molecule has 8 aromatic rings. The van der Waals surface area contributed by atoms with Crippen molar-refractivity contribution in [1.82, 2.24) is 69.7 Å². The fourth-order valence-electron chi connectivity index (χ4n) is 11.8. The lowest BCUT2D eigenvalue weighted by Gasteiger charge is -2.19. The number of aldehydes is 2. The minimum Gasteiger partial charge on any atom is -0.478 e. The van der Waals surface area contributed by atoms with Gasteiger partial charge in [-0.1, -0.05) is 76.3 Å². The summed E-state index contributed by atoms with van der Waals surface area (Å²) in [5, 5.41) is 19.1. The molecule has 4 saturated heterocycles. The van der Waals surface area contributed by atoms with E-state index in [2.05, 4.69) is 55.8 Å². The maximum absolute atomic E-state index is 12.8. The maximum atomic E-state index is 12.8. The number of hydrogen-bond acceptors (Lipinski definition) is 22. The number of nitrogens with one attached hydrogen (secondary N) is 3. The Morgan fingerprint density at radius 1 is 0.496 bits per heavy atom. The molecule has 0 radical (unpaired) electrons. The third kappa shape index (κ3) is 44.0. The number of nitrogens with zero attached hydrogens (tertiary/aromatic N) is 13. The maximum Gasteiger partial charge on any atom is 0.446 e. The van der Waals surface area contributed by atoms with Gasteiger partial charge in [0.15, 0.2) is 0 Å². The summed E-state index contributed by atoms with van der Waals surface area (Å²) < 4.78 is 67.6. The van der Waals surface area contributed by atoms with E-state index in [9.17, 15) is 59.9 Å². The number of hydrogen-bond donors (Lipinski definition) is 5. The van der Waals surface area contributed by atoms with Crippen molar-refractivity contribution in [2.75, 3.05) is 110 Å². The smallest absolute Gasteiger partial charge is 0.446 e. The van der Waals surface area contributed by atoms with Crippen molar-refractivity contribution in [3.05, 3.63) is 242 Å². The summed E-state index contributed by atoms with van der Waals surface area (Å²) >= 11 is 28.1. The number of aryl methyl sites for hydroxylation is 1. The van der Waals surface area contributed by atoms with Crippen molar-refractivity contribution in [1.29, 1.82) is 0 Å². The third-order valence-electron chi connectivity index (χ3n) is 17.8. The first-order chi connectivity index (χ1) is 59.0. The van der Waals surface area contributed by atoms with Crippen LogP contribution in [-0.4, -0.2) is 235 Å². The molecule has 4 atom stereocenters. The predicted octanol–water partition coefficient (Wildman–Crippen LogP) is 14.8. The van der Waals surface area contributed by atoms with Gasteiger partial charge in [0, 0.05) is 167 Å². The quantitative estimate of drug-likeness (QED) is 0.0156. The number of rotatable bonds is 20. The molecule has 4 fully saturated rings. The number of nitrogen functional groups attached to an aromatic ring is 1. The SMILES string of the molecule is CC(C)(C)OC(=O)Nc1ccc(C(=O)O)cc1.CN(C)C/C=C/C(=O)Cl.CN(C)C/C=C/C(=O)Nc1ccc(C(=O)N2CC[C@@H](Cc3ncc(Cl)cn3)C2)cc1.Cc1ccc(C(=O)N2CC[C@@H](Cc3ncc(Cl)cn3)C2)cc1.Clc1cnc(C[C@@H]2CCNC2)nc1.Nc1ccc(C(=O)N2CC[C@@H](Cc3ncc(Cl)cn3)C2)cc1.O=CC(F)(F)F.O=CC(F)(F)F. The van der Waals surface area contributed by atoms with Crippen molar-refractivity contribution < 1.29 is 79.3 Å². The van der Waals surface area contributed by atoms with Crippen LogP contribution < -0.4 is 21.7 Å². The number of carbonyl (C=O) groups is 9. The van der Waals surface area contributed by atoms with Gasteiger partial charge in [0.25, 0.3) is 17.7 Å². The second-order valence-corrected chi connectivity index (χ2v) is 32.3. The van der Waals surface area contributed by atoms with E-state index in [0.717, 1.165) is 125 Å². The van der Waals surface area contributed by atoms with Crippen LogP contribution in [0.4, 0.5) is 48.2 Å². The Balaban J connectivity index is 0.000000266. The standard InChI is InChI=1S/C22H26ClN5O2.C17H18ClN3O.C16H17ClN4O.C12H15NO4.C9H12ClN3.C6H10ClNO.2C2HF3O/c1-27(2)10-3-4-21(29)26-19-7-5-17(6-8-19)22(30)28-11-9-16(15-28)12-20-24-13-18(23)14-25-20;1-12-2-4-14(5-3-12)17(22)21-7-6-13(11-21)8-16-19-9-15(18)10-20-16;17-13-8-19-15(20-9-13)7-11-5-6-21(10-11)16(22)12-1-3-14(18)4-2-12;1-12(2,3)17-11(16)13-9-6-4-8(5-7-9)10(14)15;10-8-5-12-9(13-6-8)3-7-1-2-11-4-7;1-8(2)5-3-4-6(7)9;2*3-2(4,5)1-6/h3-8,13-14,16H,9-12,15H2,1-2H3,(H,26,29);2-5,9-10,13H,6-8,11H2,1H3;1-4,8-9,11H,5-7,10,18H2;4-7H,1-3H3,(H,13,16)(H,14,15);5-7,11H,1-4H2;3-4H,5H2,1-2H3;2*1H/b4-3+;;;;;4-3+;;/t16-;13-;11-;;7-;;;/m000.0.../s1. The molecular weight excluding hydrogens is 1740 g/mol. The van der Waals surface area contributed by atoms with Crippen LogP contribution in [0.1, 0.15) is 117 Å². The number of anilines is 3.